The molecule has 0 aromatic heterocycles. The minimum atomic E-state index is 0.00613. The fraction of sp³-hybridized carbons (Fsp3) is 0.533. The van der Waals surface area contributed by atoms with Crippen molar-refractivity contribution >= 4 is 29.0 Å². The molecule has 4 nitrogen and oxygen atoms in total. The lowest BCUT2D eigenvalue weighted by atomic mass is 10.2. The number of hydrogen-bond donors (Lipinski definition) is 2. The number of methoxy groups -OCH3 is 1. The average molecular weight is 296 g/mol. The minimum absolute atomic E-state index is 0.00613. The van der Waals surface area contributed by atoms with Gasteiger partial charge < -0.3 is 15.8 Å². The summed E-state index contributed by atoms with van der Waals surface area (Å²) in [7, 11) is 1.59. The van der Waals surface area contributed by atoms with Crippen LogP contribution in [0.2, 0.25) is 0 Å². The SMILES string of the molecule is CCC(C)SCCCC(=O)Nc1ccc(OC)cc1N. The number of nitrogen functional groups attached to an aromatic ring is 1. The van der Waals surface area contributed by atoms with Gasteiger partial charge >= 0.3 is 0 Å². The lowest BCUT2D eigenvalue weighted by Gasteiger charge is -2.10. The van der Waals surface area contributed by atoms with Crippen LogP contribution in [-0.2, 0) is 4.79 Å². The maximum absolute atomic E-state index is 11.8. The number of carbonyl (C=O) groups excluding carboxylic acids is 1. The van der Waals surface area contributed by atoms with Crippen LogP contribution in [0, 0.1) is 0 Å². The van der Waals surface area contributed by atoms with E-state index in [-0.39, 0.29) is 5.91 Å². The predicted octanol–water partition coefficient (Wildman–Crippen LogP) is 3.53. The van der Waals surface area contributed by atoms with Crippen molar-refractivity contribution in [3.8, 4) is 5.75 Å². The van der Waals surface area contributed by atoms with Crippen molar-refractivity contribution in [2.75, 3.05) is 23.9 Å². The van der Waals surface area contributed by atoms with Gasteiger partial charge in [-0.25, -0.2) is 0 Å². The van der Waals surface area contributed by atoms with E-state index in [1.807, 2.05) is 11.8 Å². The number of hydrogen-bond acceptors (Lipinski definition) is 4. The summed E-state index contributed by atoms with van der Waals surface area (Å²) >= 11 is 1.91. The number of thioether (sulfide) groups is 1. The second kappa shape index (κ2) is 8.74. The number of carbonyl (C=O) groups is 1. The third-order valence-electron chi connectivity index (χ3n) is 3.06. The summed E-state index contributed by atoms with van der Waals surface area (Å²) < 4.78 is 5.07. The molecule has 0 aliphatic carbocycles. The molecule has 0 saturated carbocycles. The van der Waals surface area contributed by atoms with E-state index in [9.17, 15) is 4.79 Å². The number of rotatable bonds is 8. The van der Waals surface area contributed by atoms with Gasteiger partial charge in [0.2, 0.25) is 5.91 Å². The van der Waals surface area contributed by atoms with Crippen molar-refractivity contribution in [3.63, 3.8) is 0 Å². The Morgan fingerprint density at radius 3 is 2.85 bits per heavy atom. The lowest BCUT2D eigenvalue weighted by Crippen LogP contribution is -2.13. The second-order valence-corrected chi connectivity index (χ2v) is 6.24. The molecule has 5 heteroatoms. The Labute approximate surface area is 125 Å². The molecule has 112 valence electrons. The van der Waals surface area contributed by atoms with E-state index in [2.05, 4.69) is 19.2 Å². The number of ether oxygens (including phenoxy) is 1. The first-order valence-electron chi connectivity index (χ1n) is 6.91. The smallest absolute Gasteiger partial charge is 0.224 e. The summed E-state index contributed by atoms with van der Waals surface area (Å²) in [6.07, 6.45) is 2.57. The maximum Gasteiger partial charge on any atom is 0.224 e. The molecule has 1 aromatic rings. The van der Waals surface area contributed by atoms with Crippen molar-refractivity contribution in [1.82, 2.24) is 0 Å². The fourth-order valence-electron chi connectivity index (χ4n) is 1.63. The highest BCUT2D eigenvalue weighted by Gasteiger charge is 2.07. The van der Waals surface area contributed by atoms with E-state index < -0.39 is 0 Å². The summed E-state index contributed by atoms with van der Waals surface area (Å²) in [6.45, 7) is 4.39. The zero-order valence-corrected chi connectivity index (χ0v) is 13.3. The molecule has 0 saturated heterocycles. The molecule has 0 heterocycles. The van der Waals surface area contributed by atoms with Crippen molar-refractivity contribution in [2.24, 2.45) is 0 Å². The lowest BCUT2D eigenvalue weighted by molar-refractivity contribution is -0.116. The van der Waals surface area contributed by atoms with Crippen molar-refractivity contribution in [1.29, 1.82) is 0 Å². The maximum atomic E-state index is 11.8. The van der Waals surface area contributed by atoms with Crippen LogP contribution in [-0.4, -0.2) is 24.0 Å². The highest BCUT2D eigenvalue weighted by molar-refractivity contribution is 7.99. The molecule has 1 unspecified atom stereocenters. The van der Waals surface area contributed by atoms with Gasteiger partial charge in [-0.3, -0.25) is 4.79 Å². The van der Waals surface area contributed by atoms with Gasteiger partial charge in [0.15, 0.2) is 0 Å². The summed E-state index contributed by atoms with van der Waals surface area (Å²) in [5.41, 5.74) is 7.02. The monoisotopic (exact) mass is 296 g/mol. The zero-order valence-electron chi connectivity index (χ0n) is 12.4. The normalized spacial score (nSPS) is 11.9. The van der Waals surface area contributed by atoms with Gasteiger partial charge in [0.25, 0.3) is 0 Å². The van der Waals surface area contributed by atoms with Gasteiger partial charge in [0.05, 0.1) is 18.5 Å². The summed E-state index contributed by atoms with van der Waals surface area (Å²) in [5, 5.41) is 3.50. The first kappa shape index (κ1) is 16.7. The molecule has 0 radical (unpaired) electrons. The first-order valence-corrected chi connectivity index (χ1v) is 7.96. The first-order chi connectivity index (χ1) is 9.56. The Morgan fingerprint density at radius 1 is 1.50 bits per heavy atom. The third kappa shape index (κ3) is 5.74. The van der Waals surface area contributed by atoms with E-state index in [1.54, 1.807) is 25.3 Å². The number of nitrogens with two attached hydrogens (primary N) is 1. The van der Waals surface area contributed by atoms with Gasteiger partial charge in [-0.2, -0.15) is 11.8 Å². The van der Waals surface area contributed by atoms with Gasteiger partial charge in [0.1, 0.15) is 5.75 Å². The molecule has 1 amide bonds. The quantitative estimate of drug-likeness (QED) is 0.569. The Morgan fingerprint density at radius 2 is 2.25 bits per heavy atom. The number of amides is 1. The van der Waals surface area contributed by atoms with Gasteiger partial charge in [0, 0.05) is 17.7 Å². The van der Waals surface area contributed by atoms with E-state index in [1.165, 1.54) is 6.42 Å². The standard InChI is InChI=1S/C15H24N2O2S/c1-4-11(2)20-9-5-6-15(18)17-14-8-7-12(19-3)10-13(14)16/h7-8,10-11H,4-6,9,16H2,1-3H3,(H,17,18). The van der Waals surface area contributed by atoms with E-state index in [4.69, 9.17) is 10.5 Å². The minimum Gasteiger partial charge on any atom is -0.497 e. The van der Waals surface area contributed by atoms with Crippen molar-refractivity contribution in [2.45, 2.75) is 38.4 Å². The molecule has 20 heavy (non-hydrogen) atoms. The molecule has 1 atom stereocenters. The van der Waals surface area contributed by atoms with Crippen molar-refractivity contribution in [3.05, 3.63) is 18.2 Å². The van der Waals surface area contributed by atoms with E-state index >= 15 is 0 Å². The highest BCUT2D eigenvalue weighted by atomic mass is 32.2. The van der Waals surface area contributed by atoms with E-state index in [0.717, 1.165) is 12.2 Å². The predicted molar refractivity (Wildman–Crippen MR) is 87.5 cm³/mol. The molecule has 0 aliphatic rings. The van der Waals surface area contributed by atoms with Crippen LogP contribution in [0.3, 0.4) is 0 Å². The molecule has 3 N–H and O–H groups in total. The third-order valence-corrected chi connectivity index (χ3v) is 4.49. The summed E-state index contributed by atoms with van der Waals surface area (Å²) in [5.74, 6) is 1.71. The van der Waals surface area contributed by atoms with Crippen LogP contribution >= 0.6 is 11.8 Å². The topological polar surface area (TPSA) is 64.3 Å². The van der Waals surface area contributed by atoms with Crippen LogP contribution in [0.1, 0.15) is 33.1 Å². The zero-order chi connectivity index (χ0) is 15.0. The van der Waals surface area contributed by atoms with Gasteiger partial charge in [-0.15, -0.1) is 0 Å². The van der Waals surface area contributed by atoms with Crippen LogP contribution in [0.25, 0.3) is 0 Å². The van der Waals surface area contributed by atoms with Gasteiger partial charge in [-0.1, -0.05) is 13.8 Å². The van der Waals surface area contributed by atoms with Gasteiger partial charge in [-0.05, 0) is 30.7 Å². The number of anilines is 2. The second-order valence-electron chi connectivity index (χ2n) is 4.69. The summed E-state index contributed by atoms with van der Waals surface area (Å²) in [4.78, 5) is 11.8. The van der Waals surface area contributed by atoms with Crippen molar-refractivity contribution < 1.29 is 9.53 Å². The summed E-state index contributed by atoms with van der Waals surface area (Å²) in [6, 6.07) is 5.25. The van der Waals surface area contributed by atoms with E-state index in [0.29, 0.717) is 28.8 Å². The molecule has 1 aromatic carbocycles. The van der Waals surface area contributed by atoms with Crippen LogP contribution in [0.5, 0.6) is 5.75 Å². The van der Waals surface area contributed by atoms with Crippen LogP contribution in [0.15, 0.2) is 18.2 Å². The van der Waals surface area contributed by atoms with Crippen LogP contribution in [0.4, 0.5) is 11.4 Å². The molecular weight excluding hydrogens is 272 g/mol. The number of benzene rings is 1. The molecule has 0 fully saturated rings. The Bertz CT molecular complexity index is 438. The highest BCUT2D eigenvalue weighted by Crippen LogP contribution is 2.24. The van der Waals surface area contributed by atoms with Crippen LogP contribution < -0.4 is 15.8 Å². The molecule has 1 rings (SSSR count). The molecular formula is C15H24N2O2S. The number of nitrogens with one attached hydrogen (secondary N) is 1. The Balaban J connectivity index is 2.35. The molecule has 0 spiro atoms. The molecule has 0 bridgehead atoms. The Kier molecular flexibility index (Phi) is 7.30. The largest absolute Gasteiger partial charge is 0.497 e. The Hall–Kier alpha value is -1.36. The fourth-order valence-corrected chi connectivity index (χ4v) is 2.58. The molecule has 0 aliphatic heterocycles. The average Bonchev–Trinajstić information content (AvgIpc) is 2.45.